The summed E-state index contributed by atoms with van der Waals surface area (Å²) in [6, 6.07) is 0. The quantitative estimate of drug-likeness (QED) is 0.320. The van der Waals surface area contributed by atoms with Gasteiger partial charge in [-0.2, -0.15) is 0 Å². The van der Waals surface area contributed by atoms with Gasteiger partial charge in [-0.15, -0.1) is 6.61 Å². The van der Waals surface area contributed by atoms with E-state index in [1.165, 1.54) is 0 Å². The molecule has 0 atom stereocenters. The number of aliphatic hydroxyl groups excluding tert-OH is 1. The zero-order valence-electron chi connectivity index (χ0n) is 6.81. The third-order valence-electron chi connectivity index (χ3n) is 1.30. The van der Waals surface area contributed by atoms with E-state index in [0.29, 0.717) is 0 Å². The van der Waals surface area contributed by atoms with E-state index in [1.807, 2.05) is 0 Å². The van der Waals surface area contributed by atoms with Crippen molar-refractivity contribution in [1.29, 1.82) is 0 Å². The Morgan fingerprint density at radius 2 is 1.40 bits per heavy atom. The molecule has 0 rings (SSSR count). The topological polar surface area (TPSA) is 43.3 Å². The molecule has 0 aromatic carbocycles. The second kappa shape index (κ2) is 12.2. The second-order valence-electron chi connectivity index (χ2n) is 2.20. The standard InChI is InChI=1S/C7H15O2.Li/c8-6-4-2-1-3-5-7-9;/h8H,1-7H2;/q-1;+1. The second-order valence-corrected chi connectivity index (χ2v) is 2.20. The van der Waals surface area contributed by atoms with Crippen molar-refractivity contribution in [1.82, 2.24) is 0 Å². The van der Waals surface area contributed by atoms with Gasteiger partial charge in [-0.05, 0) is 6.42 Å². The first-order valence-electron chi connectivity index (χ1n) is 3.60. The maximum absolute atomic E-state index is 9.91. The van der Waals surface area contributed by atoms with Gasteiger partial charge in [-0.1, -0.05) is 25.7 Å². The van der Waals surface area contributed by atoms with E-state index in [-0.39, 0.29) is 32.1 Å². The van der Waals surface area contributed by atoms with Crippen LogP contribution in [0, 0.1) is 0 Å². The van der Waals surface area contributed by atoms with E-state index < -0.39 is 0 Å². The average Bonchev–Trinajstić information content (AvgIpc) is 1.89. The van der Waals surface area contributed by atoms with Crippen molar-refractivity contribution in [3.05, 3.63) is 0 Å². The molecule has 0 amide bonds. The molecule has 0 bridgehead atoms. The Morgan fingerprint density at radius 1 is 0.900 bits per heavy atom. The monoisotopic (exact) mass is 138 g/mol. The van der Waals surface area contributed by atoms with Crippen LogP contribution in [0.25, 0.3) is 0 Å². The fourth-order valence-corrected chi connectivity index (χ4v) is 0.744. The predicted octanol–water partition coefficient (Wildman–Crippen LogP) is -2.71. The van der Waals surface area contributed by atoms with Crippen molar-refractivity contribution in [3.8, 4) is 0 Å². The average molecular weight is 138 g/mol. The Kier molecular flexibility index (Phi) is 16.0. The first-order valence-corrected chi connectivity index (χ1v) is 3.60. The maximum Gasteiger partial charge on any atom is 1.00 e. The van der Waals surface area contributed by atoms with Crippen molar-refractivity contribution in [2.24, 2.45) is 0 Å². The number of aliphatic hydroxyl groups is 1. The molecule has 2 nitrogen and oxygen atoms in total. The Bertz CT molecular complexity index is 44.9. The molecule has 0 aromatic heterocycles. The summed E-state index contributed by atoms with van der Waals surface area (Å²) in [5, 5.41) is 18.3. The summed E-state index contributed by atoms with van der Waals surface area (Å²) in [5.74, 6) is 0. The first-order chi connectivity index (χ1) is 4.41. The molecule has 3 heteroatoms. The van der Waals surface area contributed by atoms with Gasteiger partial charge in [0.15, 0.2) is 0 Å². The van der Waals surface area contributed by atoms with E-state index in [4.69, 9.17) is 5.11 Å². The molecule has 0 spiro atoms. The van der Waals surface area contributed by atoms with Gasteiger partial charge in [-0.25, -0.2) is 0 Å². The Hall–Kier alpha value is 0.517. The van der Waals surface area contributed by atoms with E-state index in [1.54, 1.807) is 0 Å². The van der Waals surface area contributed by atoms with Crippen LogP contribution in [0.1, 0.15) is 32.1 Å². The molecule has 0 aromatic rings. The largest absolute Gasteiger partial charge is 1.00 e. The van der Waals surface area contributed by atoms with E-state index in [0.717, 1.165) is 32.1 Å². The van der Waals surface area contributed by atoms with Gasteiger partial charge in [0.2, 0.25) is 0 Å². The predicted molar refractivity (Wildman–Crippen MR) is 35.0 cm³/mol. The van der Waals surface area contributed by atoms with Crippen LogP contribution < -0.4 is 24.0 Å². The summed E-state index contributed by atoms with van der Waals surface area (Å²) < 4.78 is 0. The van der Waals surface area contributed by atoms with Crippen LogP contribution >= 0.6 is 0 Å². The van der Waals surface area contributed by atoms with E-state index in [2.05, 4.69) is 0 Å². The van der Waals surface area contributed by atoms with Crippen molar-refractivity contribution in [2.45, 2.75) is 32.1 Å². The molecule has 0 aliphatic heterocycles. The van der Waals surface area contributed by atoms with Gasteiger partial charge in [0, 0.05) is 6.61 Å². The van der Waals surface area contributed by atoms with Gasteiger partial charge in [0.25, 0.3) is 0 Å². The van der Waals surface area contributed by atoms with Gasteiger partial charge in [-0.3, -0.25) is 0 Å². The van der Waals surface area contributed by atoms with Crippen LogP contribution in [0.5, 0.6) is 0 Å². The van der Waals surface area contributed by atoms with Crippen molar-refractivity contribution >= 4 is 0 Å². The zero-order valence-corrected chi connectivity index (χ0v) is 6.81. The maximum atomic E-state index is 9.91. The van der Waals surface area contributed by atoms with Gasteiger partial charge in [0.1, 0.15) is 0 Å². The molecule has 10 heavy (non-hydrogen) atoms. The van der Waals surface area contributed by atoms with Crippen LogP contribution in [-0.2, 0) is 0 Å². The minimum Gasteiger partial charge on any atom is -0.854 e. The third-order valence-corrected chi connectivity index (χ3v) is 1.30. The molecule has 0 aliphatic carbocycles. The Labute approximate surface area is 74.8 Å². The molecule has 1 N–H and O–H groups in total. The van der Waals surface area contributed by atoms with Crippen molar-refractivity contribution in [3.63, 3.8) is 0 Å². The number of rotatable bonds is 6. The molecule has 0 aliphatic rings. The summed E-state index contributed by atoms with van der Waals surface area (Å²) in [6.07, 6.45) is 4.88. The molecule has 56 valence electrons. The van der Waals surface area contributed by atoms with E-state index in [9.17, 15) is 5.11 Å². The van der Waals surface area contributed by atoms with Crippen LogP contribution in [0.3, 0.4) is 0 Å². The fourth-order valence-electron chi connectivity index (χ4n) is 0.744. The van der Waals surface area contributed by atoms with Crippen LogP contribution in [-0.4, -0.2) is 18.3 Å². The minimum absolute atomic E-state index is 0. The Morgan fingerprint density at radius 3 is 1.90 bits per heavy atom. The zero-order chi connectivity index (χ0) is 6.95. The SMILES string of the molecule is [Li+].[O-]CCCCCCCO. The van der Waals surface area contributed by atoms with Crippen LogP contribution in [0.2, 0.25) is 0 Å². The third kappa shape index (κ3) is 11.3. The molecular formula is C7H15LiO2. The minimum atomic E-state index is 0. The van der Waals surface area contributed by atoms with Gasteiger partial charge in [0.05, 0.1) is 0 Å². The smallest absolute Gasteiger partial charge is 0.854 e. The first kappa shape index (κ1) is 13.1. The summed E-state index contributed by atoms with van der Waals surface area (Å²) in [7, 11) is 0. The van der Waals surface area contributed by atoms with Crippen LogP contribution in [0.4, 0.5) is 0 Å². The molecule has 0 heterocycles. The molecule has 0 fully saturated rings. The summed E-state index contributed by atoms with van der Waals surface area (Å²) in [4.78, 5) is 0. The molecular weight excluding hydrogens is 123 g/mol. The normalized spacial score (nSPS) is 9.00. The molecule has 0 unspecified atom stereocenters. The van der Waals surface area contributed by atoms with Crippen molar-refractivity contribution in [2.75, 3.05) is 13.2 Å². The molecule has 0 radical (unpaired) electrons. The number of unbranched alkanes of at least 4 members (excludes halogenated alkanes) is 4. The number of hydrogen-bond donors (Lipinski definition) is 1. The van der Waals surface area contributed by atoms with Crippen LogP contribution in [0.15, 0.2) is 0 Å². The summed E-state index contributed by atoms with van der Waals surface area (Å²) in [6.45, 7) is 0.344. The Balaban J connectivity index is 0. The fraction of sp³-hybridized carbons (Fsp3) is 1.00. The van der Waals surface area contributed by atoms with Gasteiger partial charge >= 0.3 is 18.9 Å². The summed E-state index contributed by atoms with van der Waals surface area (Å²) >= 11 is 0. The molecule has 0 saturated heterocycles. The molecule has 0 saturated carbocycles. The van der Waals surface area contributed by atoms with Gasteiger partial charge < -0.3 is 10.2 Å². The van der Waals surface area contributed by atoms with E-state index >= 15 is 0 Å². The summed E-state index contributed by atoms with van der Waals surface area (Å²) in [5.41, 5.74) is 0. The number of hydrogen-bond acceptors (Lipinski definition) is 2. The van der Waals surface area contributed by atoms with Crippen molar-refractivity contribution < 1.29 is 29.1 Å².